The average molecular weight is 203 g/mol. The lowest BCUT2D eigenvalue weighted by molar-refractivity contribution is -0.131. The Bertz CT molecular complexity index is 193. The van der Waals surface area contributed by atoms with Crippen molar-refractivity contribution in [3.8, 4) is 0 Å². The van der Waals surface area contributed by atoms with Crippen LogP contribution in [0.1, 0.15) is 6.42 Å². The Morgan fingerprint density at radius 3 is 2.33 bits per heavy atom. The fourth-order valence-corrected chi connectivity index (χ4v) is 0.495. The lowest BCUT2D eigenvalue weighted by atomic mass is 10.2. The molecule has 0 spiro atoms. The van der Waals surface area contributed by atoms with Crippen LogP contribution in [0.25, 0.3) is 0 Å². The van der Waals surface area contributed by atoms with E-state index in [1.54, 1.807) is 0 Å². The molecule has 6 heteroatoms. The SMILES string of the molecule is O=C(O)C(Cl)=CCC(F)C(F)F. The van der Waals surface area contributed by atoms with Crippen LogP contribution in [0.4, 0.5) is 13.2 Å². The second-order valence-corrected chi connectivity index (χ2v) is 2.35. The summed E-state index contributed by atoms with van der Waals surface area (Å²) >= 11 is 5.01. The van der Waals surface area contributed by atoms with Crippen molar-refractivity contribution in [2.24, 2.45) is 0 Å². The summed E-state index contributed by atoms with van der Waals surface area (Å²) in [5.74, 6) is -1.46. The highest BCUT2D eigenvalue weighted by molar-refractivity contribution is 6.40. The van der Waals surface area contributed by atoms with Gasteiger partial charge in [0.25, 0.3) is 6.43 Å². The largest absolute Gasteiger partial charge is 0.477 e. The quantitative estimate of drug-likeness (QED) is 0.710. The summed E-state index contributed by atoms with van der Waals surface area (Å²) in [7, 11) is 0. The van der Waals surface area contributed by atoms with Gasteiger partial charge in [-0.25, -0.2) is 18.0 Å². The molecule has 0 saturated carbocycles. The third-order valence-corrected chi connectivity index (χ3v) is 1.32. The normalized spacial score (nSPS) is 14.9. The molecule has 0 rings (SSSR count). The van der Waals surface area contributed by atoms with Gasteiger partial charge < -0.3 is 5.11 Å². The van der Waals surface area contributed by atoms with Crippen molar-refractivity contribution in [1.29, 1.82) is 0 Å². The van der Waals surface area contributed by atoms with E-state index in [-0.39, 0.29) is 0 Å². The molecule has 0 fully saturated rings. The summed E-state index contributed by atoms with van der Waals surface area (Å²) in [6, 6.07) is 0. The van der Waals surface area contributed by atoms with E-state index in [2.05, 4.69) is 0 Å². The van der Waals surface area contributed by atoms with Crippen LogP contribution in [-0.4, -0.2) is 23.7 Å². The number of carbonyl (C=O) groups is 1. The topological polar surface area (TPSA) is 37.3 Å². The third kappa shape index (κ3) is 4.23. The standard InChI is InChI=1S/C6H6ClF3O2/c7-3(6(11)12)1-2-4(8)5(9)10/h1,4-5H,2H2,(H,11,12). The Kier molecular flexibility index (Phi) is 4.73. The molecule has 0 bridgehead atoms. The Morgan fingerprint density at radius 1 is 1.50 bits per heavy atom. The van der Waals surface area contributed by atoms with E-state index in [0.717, 1.165) is 0 Å². The number of rotatable bonds is 4. The van der Waals surface area contributed by atoms with Crippen molar-refractivity contribution in [1.82, 2.24) is 0 Å². The summed E-state index contributed by atoms with van der Waals surface area (Å²) in [5.41, 5.74) is 0. The van der Waals surface area contributed by atoms with E-state index < -0.39 is 30.0 Å². The third-order valence-electron chi connectivity index (χ3n) is 1.000. The van der Waals surface area contributed by atoms with E-state index in [1.807, 2.05) is 0 Å². The number of allylic oxidation sites excluding steroid dienone is 1. The molecular weight excluding hydrogens is 197 g/mol. The second kappa shape index (κ2) is 5.03. The van der Waals surface area contributed by atoms with Gasteiger partial charge in [-0.15, -0.1) is 0 Å². The number of halogens is 4. The van der Waals surface area contributed by atoms with Crippen LogP contribution < -0.4 is 0 Å². The lowest BCUT2D eigenvalue weighted by Gasteiger charge is -2.01. The first-order chi connectivity index (χ1) is 5.45. The van der Waals surface area contributed by atoms with Gasteiger partial charge in [0.15, 0.2) is 6.17 Å². The predicted molar refractivity (Wildman–Crippen MR) is 37.1 cm³/mol. The molecule has 0 radical (unpaired) electrons. The molecule has 0 aromatic heterocycles. The molecule has 0 aromatic carbocycles. The minimum atomic E-state index is -3.11. The van der Waals surface area contributed by atoms with Gasteiger partial charge in [0.1, 0.15) is 5.03 Å². The second-order valence-electron chi connectivity index (χ2n) is 1.94. The van der Waals surface area contributed by atoms with Gasteiger partial charge in [0.05, 0.1) is 0 Å². The zero-order valence-corrected chi connectivity index (χ0v) is 6.56. The Morgan fingerprint density at radius 2 is 2.00 bits per heavy atom. The van der Waals surface area contributed by atoms with Gasteiger partial charge in [0.2, 0.25) is 0 Å². The average Bonchev–Trinajstić information content (AvgIpc) is 1.98. The van der Waals surface area contributed by atoms with Crippen LogP contribution in [0.3, 0.4) is 0 Å². The van der Waals surface area contributed by atoms with E-state index in [4.69, 9.17) is 16.7 Å². The molecule has 0 aliphatic carbocycles. The summed E-state index contributed by atoms with van der Waals surface area (Å²) in [6.45, 7) is 0. The van der Waals surface area contributed by atoms with Crippen molar-refractivity contribution >= 4 is 17.6 Å². The first-order valence-corrected chi connectivity index (χ1v) is 3.34. The Labute approximate surface area is 71.6 Å². The van der Waals surface area contributed by atoms with Gasteiger partial charge in [-0.1, -0.05) is 17.7 Å². The van der Waals surface area contributed by atoms with Gasteiger partial charge in [0, 0.05) is 6.42 Å². The maximum atomic E-state index is 12.1. The monoisotopic (exact) mass is 202 g/mol. The molecule has 70 valence electrons. The van der Waals surface area contributed by atoms with Gasteiger partial charge >= 0.3 is 5.97 Å². The van der Waals surface area contributed by atoms with Crippen LogP contribution in [0.15, 0.2) is 11.1 Å². The smallest absolute Gasteiger partial charge is 0.346 e. The molecule has 1 unspecified atom stereocenters. The maximum Gasteiger partial charge on any atom is 0.346 e. The number of hydrogen-bond acceptors (Lipinski definition) is 1. The lowest BCUT2D eigenvalue weighted by Crippen LogP contribution is -2.10. The van der Waals surface area contributed by atoms with Crippen LogP contribution >= 0.6 is 11.6 Å². The Hall–Kier alpha value is -0.710. The fraction of sp³-hybridized carbons (Fsp3) is 0.500. The molecule has 0 aliphatic heterocycles. The van der Waals surface area contributed by atoms with E-state index >= 15 is 0 Å². The van der Waals surface area contributed by atoms with Crippen LogP contribution in [0, 0.1) is 0 Å². The zero-order valence-electron chi connectivity index (χ0n) is 5.81. The summed E-state index contributed by atoms with van der Waals surface area (Å²) < 4.78 is 35.1. The minimum absolute atomic E-state index is 0.654. The molecule has 0 saturated heterocycles. The predicted octanol–water partition coefficient (Wildman–Crippen LogP) is 2.19. The number of aliphatic carboxylic acids is 1. The van der Waals surface area contributed by atoms with E-state index in [0.29, 0.717) is 6.08 Å². The molecule has 1 N–H and O–H groups in total. The molecular formula is C6H6ClF3O2. The summed E-state index contributed by atoms with van der Waals surface area (Å²) in [4.78, 5) is 9.97. The number of carboxylic acid groups (broad SMARTS) is 1. The van der Waals surface area contributed by atoms with Crippen molar-refractivity contribution in [2.75, 3.05) is 0 Å². The van der Waals surface area contributed by atoms with Gasteiger partial charge in [-0.2, -0.15) is 0 Å². The van der Waals surface area contributed by atoms with E-state index in [1.165, 1.54) is 0 Å². The fourth-order valence-electron chi connectivity index (χ4n) is 0.406. The molecule has 0 aliphatic rings. The molecule has 0 amide bonds. The highest BCUT2D eigenvalue weighted by Gasteiger charge is 2.18. The van der Waals surface area contributed by atoms with Crippen molar-refractivity contribution < 1.29 is 23.1 Å². The molecule has 2 nitrogen and oxygen atoms in total. The molecule has 0 aromatic rings. The van der Waals surface area contributed by atoms with Crippen molar-refractivity contribution in [3.05, 3.63) is 11.1 Å². The summed E-state index contributed by atoms with van der Waals surface area (Å²) in [6.07, 6.45) is -5.46. The first kappa shape index (κ1) is 11.3. The van der Waals surface area contributed by atoms with Crippen molar-refractivity contribution in [3.63, 3.8) is 0 Å². The number of hydrogen-bond donors (Lipinski definition) is 1. The summed E-state index contributed by atoms with van der Waals surface area (Å²) in [5, 5.41) is 7.47. The van der Waals surface area contributed by atoms with Crippen LogP contribution in [-0.2, 0) is 4.79 Å². The zero-order chi connectivity index (χ0) is 9.72. The van der Waals surface area contributed by atoms with Crippen molar-refractivity contribution in [2.45, 2.75) is 19.0 Å². The molecule has 0 heterocycles. The first-order valence-electron chi connectivity index (χ1n) is 2.96. The van der Waals surface area contributed by atoms with Crippen LogP contribution in [0.5, 0.6) is 0 Å². The highest BCUT2D eigenvalue weighted by atomic mass is 35.5. The maximum absolute atomic E-state index is 12.1. The molecule has 12 heavy (non-hydrogen) atoms. The highest BCUT2D eigenvalue weighted by Crippen LogP contribution is 2.12. The minimum Gasteiger partial charge on any atom is -0.477 e. The van der Waals surface area contributed by atoms with Gasteiger partial charge in [-0.3, -0.25) is 0 Å². The van der Waals surface area contributed by atoms with Crippen LogP contribution in [0.2, 0.25) is 0 Å². The Balaban J connectivity index is 3.96. The molecule has 1 atom stereocenters. The van der Waals surface area contributed by atoms with E-state index in [9.17, 15) is 18.0 Å². The van der Waals surface area contributed by atoms with Gasteiger partial charge in [-0.05, 0) is 0 Å². The number of alkyl halides is 3. The number of carboxylic acids is 1.